The van der Waals surface area contributed by atoms with Crippen molar-refractivity contribution < 1.29 is 17.9 Å². The maximum absolute atomic E-state index is 12.4. The van der Waals surface area contributed by atoms with Crippen molar-refractivity contribution >= 4 is 25.6 Å². The molecule has 8 heteroatoms. The average molecular weight is 333 g/mol. The van der Waals surface area contributed by atoms with Gasteiger partial charge in [-0.05, 0) is 31.7 Å². The van der Waals surface area contributed by atoms with Crippen LogP contribution in [-0.4, -0.2) is 38.1 Å². The summed E-state index contributed by atoms with van der Waals surface area (Å²) in [6.07, 6.45) is 4.91. The molecule has 116 valence electrons. The van der Waals surface area contributed by atoms with Crippen LogP contribution in [0.25, 0.3) is 0 Å². The normalized spacial score (nSPS) is 20.4. The fraction of sp³-hybridized carbons (Fsp3) is 0.615. The van der Waals surface area contributed by atoms with Crippen LogP contribution in [0.4, 0.5) is 0 Å². The smallest absolute Gasteiger partial charge is 0.268 e. The lowest BCUT2D eigenvalue weighted by Gasteiger charge is -2.23. The Morgan fingerprint density at radius 1 is 1.29 bits per heavy atom. The number of nitrogens with one attached hydrogen (secondary N) is 1. The van der Waals surface area contributed by atoms with Gasteiger partial charge < -0.3 is 14.6 Å². The van der Waals surface area contributed by atoms with E-state index in [0.29, 0.717) is 18.9 Å². The zero-order valence-corrected chi connectivity index (χ0v) is 13.0. The molecular weight excluding hydrogens is 316 g/mol. The van der Waals surface area contributed by atoms with E-state index < -0.39 is 9.05 Å². The van der Waals surface area contributed by atoms with Gasteiger partial charge in [-0.25, -0.2) is 8.42 Å². The predicted molar refractivity (Wildman–Crippen MR) is 77.0 cm³/mol. The third-order valence-corrected chi connectivity index (χ3v) is 5.16. The number of aromatic nitrogens is 1. The van der Waals surface area contributed by atoms with Gasteiger partial charge in [0.05, 0.1) is 0 Å². The van der Waals surface area contributed by atoms with Crippen LogP contribution < -0.4 is 5.32 Å². The Bertz CT molecular complexity index is 645. The summed E-state index contributed by atoms with van der Waals surface area (Å²) in [7, 11) is 1.55. The van der Waals surface area contributed by atoms with E-state index in [9.17, 15) is 13.2 Å². The van der Waals surface area contributed by atoms with Crippen molar-refractivity contribution in [2.45, 2.75) is 42.7 Å². The topological polar surface area (TPSA) is 77.4 Å². The van der Waals surface area contributed by atoms with Gasteiger partial charge in [0.1, 0.15) is 10.6 Å². The monoisotopic (exact) mass is 332 g/mol. The van der Waals surface area contributed by atoms with E-state index in [4.69, 9.17) is 15.4 Å². The standard InChI is InChI=1S/C13H17ClN2O4S/c14-21(18,19)11-7-12(16(8-11)10-1-2-10)13(17)15-9-3-5-20-6-4-9/h7-10H,1-6H2,(H,15,17). The van der Waals surface area contributed by atoms with E-state index in [1.54, 1.807) is 4.57 Å². The highest BCUT2D eigenvalue weighted by Gasteiger charge is 2.30. The molecule has 0 spiro atoms. The summed E-state index contributed by atoms with van der Waals surface area (Å²) in [6.45, 7) is 1.27. The number of carbonyl (C=O) groups is 1. The largest absolute Gasteiger partial charge is 0.381 e. The van der Waals surface area contributed by atoms with Crippen molar-refractivity contribution in [1.82, 2.24) is 9.88 Å². The van der Waals surface area contributed by atoms with Gasteiger partial charge >= 0.3 is 0 Å². The zero-order chi connectivity index (χ0) is 15.0. The van der Waals surface area contributed by atoms with Crippen LogP contribution in [-0.2, 0) is 13.8 Å². The van der Waals surface area contributed by atoms with E-state index in [1.807, 2.05) is 0 Å². The van der Waals surface area contributed by atoms with Gasteiger partial charge in [0.2, 0.25) is 0 Å². The highest BCUT2D eigenvalue weighted by molar-refractivity contribution is 8.13. The molecule has 1 saturated carbocycles. The van der Waals surface area contributed by atoms with Crippen LogP contribution in [0.3, 0.4) is 0 Å². The van der Waals surface area contributed by atoms with Gasteiger partial charge in [-0.1, -0.05) is 0 Å². The van der Waals surface area contributed by atoms with Gasteiger partial charge in [-0.2, -0.15) is 0 Å². The molecule has 1 N–H and O–H groups in total. The van der Waals surface area contributed by atoms with Crippen LogP contribution in [0, 0.1) is 0 Å². The highest BCUT2D eigenvalue weighted by atomic mass is 35.7. The molecule has 3 rings (SSSR count). The molecule has 0 bridgehead atoms. The number of halogens is 1. The molecular formula is C13H17ClN2O4S. The molecule has 1 saturated heterocycles. The maximum Gasteiger partial charge on any atom is 0.268 e. The van der Waals surface area contributed by atoms with Gasteiger partial charge in [0, 0.05) is 42.2 Å². The first-order valence-corrected chi connectivity index (χ1v) is 9.31. The van der Waals surface area contributed by atoms with Gasteiger partial charge in [-0.3, -0.25) is 4.79 Å². The fourth-order valence-corrected chi connectivity index (χ4v) is 3.27. The summed E-state index contributed by atoms with van der Waals surface area (Å²) in [6, 6.07) is 1.63. The Morgan fingerprint density at radius 2 is 1.95 bits per heavy atom. The molecule has 0 unspecified atom stereocenters. The molecule has 21 heavy (non-hydrogen) atoms. The third kappa shape index (κ3) is 3.41. The van der Waals surface area contributed by atoms with Crippen molar-refractivity contribution in [3.05, 3.63) is 18.0 Å². The van der Waals surface area contributed by atoms with Crippen LogP contribution in [0.15, 0.2) is 17.2 Å². The molecule has 0 radical (unpaired) electrons. The molecule has 1 amide bonds. The molecule has 2 fully saturated rings. The number of carbonyl (C=O) groups excluding carboxylic acids is 1. The number of amides is 1. The third-order valence-electron chi connectivity index (χ3n) is 3.83. The van der Waals surface area contributed by atoms with Gasteiger partial charge in [0.15, 0.2) is 0 Å². The number of hydrogen-bond donors (Lipinski definition) is 1. The minimum Gasteiger partial charge on any atom is -0.381 e. The fourth-order valence-electron chi connectivity index (χ4n) is 2.53. The Labute approximate surface area is 127 Å². The minimum atomic E-state index is -3.83. The molecule has 6 nitrogen and oxygen atoms in total. The lowest BCUT2D eigenvalue weighted by molar-refractivity contribution is 0.0692. The highest BCUT2D eigenvalue weighted by Crippen LogP contribution is 2.37. The average Bonchev–Trinajstić information content (AvgIpc) is 3.16. The van der Waals surface area contributed by atoms with Crippen LogP contribution in [0.1, 0.15) is 42.2 Å². The molecule has 1 aliphatic carbocycles. The summed E-state index contributed by atoms with van der Waals surface area (Å²) < 4.78 is 29.9. The minimum absolute atomic E-state index is 0.0202. The van der Waals surface area contributed by atoms with Crippen molar-refractivity contribution in [2.75, 3.05) is 13.2 Å². The van der Waals surface area contributed by atoms with E-state index in [1.165, 1.54) is 12.3 Å². The first-order chi connectivity index (χ1) is 9.95. The summed E-state index contributed by atoms with van der Waals surface area (Å²) in [4.78, 5) is 12.4. The van der Waals surface area contributed by atoms with Gasteiger partial charge in [-0.15, -0.1) is 0 Å². The molecule has 1 aromatic heterocycles. The van der Waals surface area contributed by atoms with Crippen molar-refractivity contribution in [2.24, 2.45) is 0 Å². The summed E-state index contributed by atoms with van der Waals surface area (Å²) in [5.41, 5.74) is 0.364. The second-order valence-corrected chi connectivity index (χ2v) is 8.06. The van der Waals surface area contributed by atoms with E-state index in [0.717, 1.165) is 25.7 Å². The Kier molecular flexibility index (Phi) is 3.98. The number of ether oxygens (including phenoxy) is 1. The van der Waals surface area contributed by atoms with Crippen LogP contribution >= 0.6 is 10.7 Å². The number of rotatable bonds is 4. The van der Waals surface area contributed by atoms with E-state index in [2.05, 4.69) is 5.32 Å². The van der Waals surface area contributed by atoms with Crippen LogP contribution in [0.5, 0.6) is 0 Å². The van der Waals surface area contributed by atoms with Crippen LogP contribution in [0.2, 0.25) is 0 Å². The maximum atomic E-state index is 12.4. The predicted octanol–water partition coefficient (Wildman–Crippen LogP) is 1.66. The summed E-state index contributed by atoms with van der Waals surface area (Å²) >= 11 is 0. The number of nitrogens with zero attached hydrogens (tertiary/aromatic N) is 1. The summed E-state index contributed by atoms with van der Waals surface area (Å²) in [5, 5.41) is 2.95. The van der Waals surface area contributed by atoms with E-state index in [-0.39, 0.29) is 22.9 Å². The lowest BCUT2D eigenvalue weighted by Crippen LogP contribution is -2.39. The van der Waals surface area contributed by atoms with E-state index >= 15 is 0 Å². The van der Waals surface area contributed by atoms with Crippen molar-refractivity contribution in [3.8, 4) is 0 Å². The lowest BCUT2D eigenvalue weighted by atomic mass is 10.1. The van der Waals surface area contributed by atoms with Gasteiger partial charge in [0.25, 0.3) is 15.0 Å². The molecule has 2 heterocycles. The quantitative estimate of drug-likeness (QED) is 0.851. The molecule has 1 aliphatic heterocycles. The number of hydrogen-bond acceptors (Lipinski definition) is 4. The Hall–Kier alpha value is -1.05. The zero-order valence-electron chi connectivity index (χ0n) is 11.4. The summed E-state index contributed by atoms with van der Waals surface area (Å²) in [5.74, 6) is -0.250. The Morgan fingerprint density at radius 3 is 2.52 bits per heavy atom. The first kappa shape index (κ1) is 14.9. The molecule has 0 atom stereocenters. The molecule has 2 aliphatic rings. The second kappa shape index (κ2) is 5.62. The molecule has 1 aromatic rings. The van der Waals surface area contributed by atoms with Crippen molar-refractivity contribution in [1.29, 1.82) is 0 Å². The second-order valence-electron chi connectivity index (χ2n) is 5.50. The Balaban J connectivity index is 1.82. The first-order valence-electron chi connectivity index (χ1n) is 7.00. The molecule has 0 aromatic carbocycles. The van der Waals surface area contributed by atoms with Crippen molar-refractivity contribution in [3.63, 3.8) is 0 Å². The SMILES string of the molecule is O=C(NC1CCOCC1)c1cc(S(=O)(=O)Cl)cn1C1CC1.